The normalized spacial score (nSPS) is 10.2. The van der Waals surface area contributed by atoms with Gasteiger partial charge in [-0.05, 0) is 12.1 Å². The fraction of sp³-hybridized carbons (Fsp3) is 0.385. The number of esters is 1. The molecule has 0 saturated heterocycles. The van der Waals surface area contributed by atoms with E-state index in [0.29, 0.717) is 0 Å². The van der Waals surface area contributed by atoms with E-state index < -0.39 is 17.7 Å². The maximum absolute atomic E-state index is 13.7. The van der Waals surface area contributed by atoms with Crippen molar-refractivity contribution in [3.8, 4) is 0 Å². The van der Waals surface area contributed by atoms with Gasteiger partial charge in [-0.3, -0.25) is 9.59 Å². The van der Waals surface area contributed by atoms with E-state index in [1.165, 1.54) is 19.2 Å². The minimum absolute atomic E-state index is 0.0106. The van der Waals surface area contributed by atoms with Crippen LogP contribution in [-0.2, 0) is 9.53 Å². The minimum atomic E-state index is -0.747. The van der Waals surface area contributed by atoms with Gasteiger partial charge in [0.15, 0.2) is 0 Å². The maximum atomic E-state index is 13.7. The monoisotopic (exact) mass is 303 g/mol. The Kier molecular flexibility index (Phi) is 6.41. The maximum Gasteiger partial charge on any atom is 0.307 e. The third kappa shape index (κ3) is 4.18. The molecule has 0 aromatic heterocycles. The Labute approximate surface area is 120 Å². The van der Waals surface area contributed by atoms with Crippen LogP contribution < -0.4 is 0 Å². The summed E-state index contributed by atoms with van der Waals surface area (Å²) in [5.41, 5.74) is -0.271. The lowest BCUT2D eigenvalue weighted by molar-refractivity contribution is -0.140. The number of methoxy groups -OCH3 is 1. The van der Waals surface area contributed by atoms with E-state index in [-0.39, 0.29) is 36.7 Å². The standard InChI is InChI=1S/C13H15ClFNO4/c1-20-11(18)5-6-16(7-8-17)13(19)12-9(14)3-2-4-10(12)15/h2-4,17H,5-8H2,1H3. The van der Waals surface area contributed by atoms with Crippen LogP contribution in [0.15, 0.2) is 18.2 Å². The van der Waals surface area contributed by atoms with E-state index in [0.717, 1.165) is 11.0 Å². The van der Waals surface area contributed by atoms with Gasteiger partial charge >= 0.3 is 5.97 Å². The van der Waals surface area contributed by atoms with Crippen molar-refractivity contribution in [2.24, 2.45) is 0 Å². The van der Waals surface area contributed by atoms with Gasteiger partial charge in [0.1, 0.15) is 5.82 Å². The first-order chi connectivity index (χ1) is 9.51. The number of carbonyl (C=O) groups excluding carboxylic acids is 2. The van der Waals surface area contributed by atoms with Crippen molar-refractivity contribution in [1.82, 2.24) is 4.90 Å². The van der Waals surface area contributed by atoms with E-state index in [1.54, 1.807) is 0 Å². The zero-order chi connectivity index (χ0) is 15.1. The van der Waals surface area contributed by atoms with E-state index >= 15 is 0 Å². The number of halogens is 2. The molecule has 1 rings (SSSR count). The molecule has 0 aliphatic carbocycles. The first kappa shape index (κ1) is 16.4. The second-order valence-electron chi connectivity index (χ2n) is 3.94. The van der Waals surface area contributed by atoms with Crippen LogP contribution in [0.1, 0.15) is 16.8 Å². The van der Waals surface area contributed by atoms with Gasteiger partial charge in [0, 0.05) is 13.1 Å². The van der Waals surface area contributed by atoms with Gasteiger partial charge in [0.25, 0.3) is 5.91 Å². The van der Waals surface area contributed by atoms with E-state index in [9.17, 15) is 14.0 Å². The Bertz CT molecular complexity index is 475. The number of amides is 1. The zero-order valence-electron chi connectivity index (χ0n) is 10.9. The van der Waals surface area contributed by atoms with Crippen LogP contribution in [0.2, 0.25) is 5.02 Å². The van der Waals surface area contributed by atoms with Gasteiger partial charge in [-0.15, -0.1) is 0 Å². The van der Waals surface area contributed by atoms with Crippen molar-refractivity contribution in [1.29, 1.82) is 0 Å². The number of aliphatic hydroxyl groups excluding tert-OH is 1. The second kappa shape index (κ2) is 7.81. The van der Waals surface area contributed by atoms with Crippen molar-refractivity contribution in [3.05, 3.63) is 34.6 Å². The predicted molar refractivity (Wildman–Crippen MR) is 71.0 cm³/mol. The van der Waals surface area contributed by atoms with Gasteiger partial charge in [-0.2, -0.15) is 0 Å². The third-order valence-corrected chi connectivity index (χ3v) is 2.96. The van der Waals surface area contributed by atoms with Crippen LogP contribution in [0.25, 0.3) is 0 Å². The van der Waals surface area contributed by atoms with E-state index in [4.69, 9.17) is 16.7 Å². The minimum Gasteiger partial charge on any atom is -0.469 e. The topological polar surface area (TPSA) is 66.8 Å². The summed E-state index contributed by atoms with van der Waals surface area (Å²) in [7, 11) is 1.23. The van der Waals surface area contributed by atoms with Gasteiger partial charge in [0.2, 0.25) is 0 Å². The second-order valence-corrected chi connectivity index (χ2v) is 4.35. The lowest BCUT2D eigenvalue weighted by Crippen LogP contribution is -2.36. The largest absolute Gasteiger partial charge is 0.469 e. The molecule has 0 fully saturated rings. The van der Waals surface area contributed by atoms with Gasteiger partial charge < -0.3 is 14.7 Å². The molecule has 0 bridgehead atoms. The molecule has 0 saturated carbocycles. The molecular formula is C13H15ClFNO4. The van der Waals surface area contributed by atoms with Crippen molar-refractivity contribution < 1.29 is 23.8 Å². The molecule has 1 aromatic rings. The Morgan fingerprint density at radius 3 is 2.65 bits per heavy atom. The number of benzene rings is 1. The first-order valence-corrected chi connectivity index (χ1v) is 6.30. The molecule has 0 unspecified atom stereocenters. The average molecular weight is 304 g/mol. The Hall–Kier alpha value is -1.66. The summed E-state index contributed by atoms with van der Waals surface area (Å²) in [5, 5.41) is 8.94. The Balaban J connectivity index is 2.91. The van der Waals surface area contributed by atoms with Gasteiger partial charge in [-0.1, -0.05) is 17.7 Å². The molecule has 7 heteroatoms. The van der Waals surface area contributed by atoms with Crippen molar-refractivity contribution in [2.75, 3.05) is 26.8 Å². The number of hydrogen-bond acceptors (Lipinski definition) is 4. The fourth-order valence-corrected chi connectivity index (χ4v) is 1.87. The average Bonchev–Trinajstić information content (AvgIpc) is 2.42. The molecule has 0 aliphatic rings. The molecule has 0 aliphatic heterocycles. The molecule has 110 valence electrons. The smallest absolute Gasteiger partial charge is 0.307 e. The SMILES string of the molecule is COC(=O)CCN(CCO)C(=O)c1c(F)cccc1Cl. The number of rotatable bonds is 6. The lowest BCUT2D eigenvalue weighted by Gasteiger charge is -2.22. The van der Waals surface area contributed by atoms with Crippen LogP contribution in [0.3, 0.4) is 0 Å². The van der Waals surface area contributed by atoms with E-state index in [1.807, 2.05) is 0 Å². The highest BCUT2D eigenvalue weighted by Crippen LogP contribution is 2.20. The number of aliphatic hydroxyl groups is 1. The summed E-state index contributed by atoms with van der Waals surface area (Å²) in [6, 6.07) is 3.91. The summed E-state index contributed by atoms with van der Waals surface area (Å²) in [4.78, 5) is 24.5. The first-order valence-electron chi connectivity index (χ1n) is 5.92. The number of nitrogens with zero attached hydrogens (tertiary/aromatic N) is 1. The molecule has 0 heterocycles. The van der Waals surface area contributed by atoms with E-state index in [2.05, 4.69) is 4.74 Å². The van der Waals surface area contributed by atoms with Gasteiger partial charge in [-0.25, -0.2) is 4.39 Å². The molecule has 1 amide bonds. The van der Waals surface area contributed by atoms with Crippen LogP contribution in [0, 0.1) is 5.82 Å². The summed E-state index contributed by atoms with van der Waals surface area (Å²) >= 11 is 5.82. The van der Waals surface area contributed by atoms with Crippen molar-refractivity contribution in [3.63, 3.8) is 0 Å². The third-order valence-electron chi connectivity index (χ3n) is 2.65. The summed E-state index contributed by atoms with van der Waals surface area (Å²) in [6.07, 6.45) is -0.0473. The quantitative estimate of drug-likeness (QED) is 0.808. The molecule has 0 atom stereocenters. The number of carbonyl (C=O) groups is 2. The predicted octanol–water partition coefficient (Wildman–Crippen LogP) is 1.48. The molecule has 0 radical (unpaired) electrons. The highest BCUT2D eigenvalue weighted by atomic mass is 35.5. The molecule has 20 heavy (non-hydrogen) atoms. The summed E-state index contributed by atoms with van der Waals surface area (Å²) in [6.45, 7) is -0.323. The summed E-state index contributed by atoms with van der Waals surface area (Å²) < 4.78 is 18.2. The Morgan fingerprint density at radius 2 is 2.10 bits per heavy atom. The highest BCUT2D eigenvalue weighted by Gasteiger charge is 2.22. The van der Waals surface area contributed by atoms with Gasteiger partial charge in [0.05, 0.1) is 30.7 Å². The molecular weight excluding hydrogens is 289 g/mol. The number of ether oxygens (including phenoxy) is 1. The van der Waals surface area contributed by atoms with Crippen molar-refractivity contribution >= 4 is 23.5 Å². The Morgan fingerprint density at radius 1 is 1.40 bits per heavy atom. The number of hydrogen-bond donors (Lipinski definition) is 1. The summed E-state index contributed by atoms with van der Waals surface area (Å²) in [5.74, 6) is -1.92. The van der Waals surface area contributed by atoms with Crippen LogP contribution in [-0.4, -0.2) is 48.7 Å². The highest BCUT2D eigenvalue weighted by molar-refractivity contribution is 6.33. The molecule has 0 spiro atoms. The van der Waals surface area contributed by atoms with Crippen molar-refractivity contribution in [2.45, 2.75) is 6.42 Å². The fourth-order valence-electron chi connectivity index (χ4n) is 1.62. The molecule has 1 aromatic carbocycles. The van der Waals surface area contributed by atoms with Crippen LogP contribution in [0.4, 0.5) is 4.39 Å². The molecule has 5 nitrogen and oxygen atoms in total. The zero-order valence-corrected chi connectivity index (χ0v) is 11.7. The van der Waals surface area contributed by atoms with Crippen LogP contribution in [0.5, 0.6) is 0 Å². The lowest BCUT2D eigenvalue weighted by atomic mass is 10.1. The van der Waals surface area contributed by atoms with Crippen LogP contribution >= 0.6 is 11.6 Å². The molecule has 1 N–H and O–H groups in total.